The Labute approximate surface area is 165 Å². The summed E-state index contributed by atoms with van der Waals surface area (Å²) in [5.74, 6) is -0.845. The van der Waals surface area contributed by atoms with Gasteiger partial charge in [-0.15, -0.1) is 11.3 Å². The summed E-state index contributed by atoms with van der Waals surface area (Å²) in [4.78, 5) is 28.9. The van der Waals surface area contributed by atoms with Gasteiger partial charge in [-0.1, -0.05) is 18.2 Å². The van der Waals surface area contributed by atoms with Crippen molar-refractivity contribution in [3.05, 3.63) is 53.3 Å². The molecule has 0 saturated carbocycles. The van der Waals surface area contributed by atoms with Crippen molar-refractivity contribution in [2.45, 2.75) is 26.4 Å². The second-order valence-corrected chi connectivity index (χ2v) is 8.03. The highest BCUT2D eigenvalue weighted by atomic mass is 32.1. The Morgan fingerprint density at radius 2 is 1.89 bits per heavy atom. The van der Waals surface area contributed by atoms with Crippen LogP contribution in [0.2, 0.25) is 0 Å². The fraction of sp³-hybridized carbons (Fsp3) is 0.250. The van der Waals surface area contributed by atoms with Crippen LogP contribution in [0, 0.1) is 5.82 Å². The maximum absolute atomic E-state index is 13.9. The van der Waals surface area contributed by atoms with Crippen molar-refractivity contribution in [3.8, 4) is 11.3 Å². The summed E-state index contributed by atoms with van der Waals surface area (Å²) in [6.45, 7) is 5.21. The first-order valence-electron chi connectivity index (χ1n) is 8.56. The van der Waals surface area contributed by atoms with Crippen LogP contribution in [0.15, 0.2) is 41.8 Å². The van der Waals surface area contributed by atoms with Gasteiger partial charge in [-0.2, -0.15) is 0 Å². The molecule has 28 heavy (non-hydrogen) atoms. The molecule has 0 aliphatic heterocycles. The molecule has 2 heterocycles. The average Bonchev–Trinajstić information content (AvgIpc) is 3.06. The fourth-order valence-electron chi connectivity index (χ4n) is 2.52. The molecule has 0 fully saturated rings. The first kappa shape index (κ1) is 19.8. The average molecular weight is 401 g/mol. The molecule has 0 atom stereocenters. The minimum Gasteiger partial charge on any atom is -0.442 e. The van der Waals surface area contributed by atoms with E-state index < -0.39 is 17.6 Å². The number of amides is 2. The number of carbonyl (C=O) groups is 2. The Morgan fingerprint density at radius 3 is 2.61 bits per heavy atom. The summed E-state index contributed by atoms with van der Waals surface area (Å²) in [5.41, 5.74) is 3.18. The number of thiophene rings is 1. The van der Waals surface area contributed by atoms with Gasteiger partial charge in [-0.05, 0) is 39.0 Å². The van der Waals surface area contributed by atoms with E-state index in [0.29, 0.717) is 10.4 Å². The van der Waals surface area contributed by atoms with Crippen LogP contribution in [0.3, 0.4) is 0 Å². The maximum Gasteiger partial charge on any atom is 0.428 e. The van der Waals surface area contributed by atoms with Gasteiger partial charge in [0.05, 0.1) is 10.4 Å². The smallest absolute Gasteiger partial charge is 0.428 e. The van der Waals surface area contributed by atoms with Crippen LogP contribution in [0.25, 0.3) is 21.3 Å². The van der Waals surface area contributed by atoms with Gasteiger partial charge < -0.3 is 4.74 Å². The molecule has 0 unspecified atom stereocenters. The molecular weight excluding hydrogens is 381 g/mol. The summed E-state index contributed by atoms with van der Waals surface area (Å²) in [6.07, 6.45) is -0.684. The Hall–Kier alpha value is -3.00. The van der Waals surface area contributed by atoms with E-state index in [-0.39, 0.29) is 11.5 Å². The third-order valence-electron chi connectivity index (χ3n) is 3.75. The van der Waals surface area contributed by atoms with Crippen molar-refractivity contribution in [2.75, 3.05) is 7.05 Å². The van der Waals surface area contributed by atoms with E-state index in [4.69, 9.17) is 4.74 Å². The van der Waals surface area contributed by atoms with E-state index in [9.17, 15) is 14.0 Å². The molecule has 1 N–H and O–H groups in total. The largest absolute Gasteiger partial charge is 0.442 e. The van der Waals surface area contributed by atoms with Crippen molar-refractivity contribution in [3.63, 3.8) is 0 Å². The number of fused-ring (bicyclic) bond motifs is 1. The monoisotopic (exact) mass is 401 g/mol. The number of nitrogens with one attached hydrogen (secondary N) is 1. The van der Waals surface area contributed by atoms with Crippen LogP contribution in [-0.4, -0.2) is 34.6 Å². The molecule has 1 aromatic carbocycles. The number of hydrogen-bond donors (Lipinski definition) is 1. The SMILES string of the molecule is CN(NC(=O)c1cccc(-c2csc3c(F)cccc23)n1)C(=O)OC(C)(C)C. The third kappa shape index (κ3) is 4.28. The molecular formula is C20H20FN3O3S. The molecule has 3 aromatic rings. The predicted molar refractivity (Wildman–Crippen MR) is 106 cm³/mol. The van der Waals surface area contributed by atoms with Gasteiger partial charge >= 0.3 is 6.09 Å². The van der Waals surface area contributed by atoms with Gasteiger partial charge in [0, 0.05) is 23.4 Å². The molecule has 0 aliphatic rings. The van der Waals surface area contributed by atoms with E-state index in [1.807, 2.05) is 11.4 Å². The number of hydrogen-bond acceptors (Lipinski definition) is 5. The number of ether oxygens (including phenoxy) is 1. The van der Waals surface area contributed by atoms with Crippen LogP contribution in [0.5, 0.6) is 0 Å². The van der Waals surface area contributed by atoms with Gasteiger partial charge in [0.15, 0.2) is 0 Å². The van der Waals surface area contributed by atoms with E-state index in [1.54, 1.807) is 39.0 Å². The lowest BCUT2D eigenvalue weighted by Gasteiger charge is -2.24. The normalized spacial score (nSPS) is 11.3. The van der Waals surface area contributed by atoms with Crippen LogP contribution in [0.4, 0.5) is 9.18 Å². The van der Waals surface area contributed by atoms with Crippen molar-refractivity contribution >= 4 is 33.4 Å². The number of pyridine rings is 1. The van der Waals surface area contributed by atoms with E-state index >= 15 is 0 Å². The number of rotatable bonds is 2. The topological polar surface area (TPSA) is 71.5 Å². The lowest BCUT2D eigenvalue weighted by molar-refractivity contribution is 0.0194. The van der Waals surface area contributed by atoms with Crippen LogP contribution in [0.1, 0.15) is 31.3 Å². The molecule has 0 aliphatic carbocycles. The lowest BCUT2D eigenvalue weighted by Crippen LogP contribution is -2.45. The number of hydrazine groups is 1. The molecule has 0 radical (unpaired) electrons. The zero-order valence-electron chi connectivity index (χ0n) is 15.9. The molecule has 3 rings (SSSR count). The first-order valence-corrected chi connectivity index (χ1v) is 9.44. The van der Waals surface area contributed by atoms with Gasteiger partial charge in [-0.3, -0.25) is 10.2 Å². The number of benzene rings is 1. The van der Waals surface area contributed by atoms with Gasteiger partial charge in [0.25, 0.3) is 5.91 Å². The number of nitrogens with zero attached hydrogens (tertiary/aromatic N) is 2. The Bertz CT molecular complexity index is 1040. The molecule has 146 valence electrons. The van der Waals surface area contributed by atoms with Gasteiger partial charge in [0.2, 0.25) is 0 Å². The molecule has 8 heteroatoms. The summed E-state index contributed by atoms with van der Waals surface area (Å²) in [6, 6.07) is 9.84. The lowest BCUT2D eigenvalue weighted by atomic mass is 10.1. The molecule has 2 amide bonds. The van der Waals surface area contributed by atoms with Gasteiger partial charge in [-0.25, -0.2) is 19.2 Å². The van der Waals surface area contributed by atoms with Crippen LogP contribution < -0.4 is 5.43 Å². The third-order valence-corrected chi connectivity index (χ3v) is 4.75. The van der Waals surface area contributed by atoms with Crippen LogP contribution >= 0.6 is 11.3 Å². The summed E-state index contributed by atoms with van der Waals surface area (Å²) in [7, 11) is 1.39. The zero-order valence-corrected chi connectivity index (χ0v) is 16.8. The zero-order chi connectivity index (χ0) is 20.5. The molecule has 2 aromatic heterocycles. The highest BCUT2D eigenvalue weighted by molar-refractivity contribution is 7.17. The second kappa shape index (κ2) is 7.55. The summed E-state index contributed by atoms with van der Waals surface area (Å²) >= 11 is 1.28. The Balaban J connectivity index is 1.82. The van der Waals surface area contributed by atoms with E-state index in [0.717, 1.165) is 16.0 Å². The molecule has 6 nitrogen and oxygen atoms in total. The van der Waals surface area contributed by atoms with Gasteiger partial charge in [0.1, 0.15) is 17.1 Å². The Kier molecular flexibility index (Phi) is 5.33. The molecule has 0 saturated heterocycles. The number of aromatic nitrogens is 1. The highest BCUT2D eigenvalue weighted by Crippen LogP contribution is 2.34. The predicted octanol–water partition coefficient (Wildman–Crippen LogP) is 4.61. The van der Waals surface area contributed by atoms with Crippen molar-refractivity contribution in [2.24, 2.45) is 0 Å². The summed E-state index contributed by atoms with van der Waals surface area (Å²) < 4.78 is 19.7. The standard InChI is InChI=1S/C20H20FN3O3S/c1-20(2,3)27-19(26)24(4)23-18(25)16-10-6-9-15(22-16)13-11-28-17-12(13)7-5-8-14(17)21/h5-11H,1-4H3,(H,23,25). The minimum absolute atomic E-state index is 0.128. The molecule has 0 bridgehead atoms. The van der Waals surface area contributed by atoms with Crippen molar-refractivity contribution in [1.29, 1.82) is 0 Å². The maximum atomic E-state index is 13.9. The van der Waals surface area contributed by atoms with Crippen LogP contribution in [-0.2, 0) is 4.74 Å². The first-order chi connectivity index (χ1) is 13.2. The quantitative estimate of drug-likeness (QED) is 0.637. The molecule has 0 spiro atoms. The van der Waals surface area contributed by atoms with Crippen molar-refractivity contribution in [1.82, 2.24) is 15.4 Å². The Morgan fingerprint density at radius 1 is 1.18 bits per heavy atom. The van der Waals surface area contributed by atoms with E-state index in [2.05, 4.69) is 10.4 Å². The fourth-order valence-corrected chi connectivity index (χ4v) is 3.49. The second-order valence-electron chi connectivity index (χ2n) is 7.15. The number of halogens is 1. The summed E-state index contributed by atoms with van der Waals surface area (Å²) in [5, 5.41) is 3.52. The number of carbonyl (C=O) groups excluding carboxylic acids is 2. The highest BCUT2D eigenvalue weighted by Gasteiger charge is 2.22. The minimum atomic E-state index is -0.684. The van der Waals surface area contributed by atoms with Crippen molar-refractivity contribution < 1.29 is 18.7 Å². The van der Waals surface area contributed by atoms with E-state index in [1.165, 1.54) is 30.5 Å².